The van der Waals surface area contributed by atoms with Crippen molar-refractivity contribution in [3.63, 3.8) is 0 Å². The molecule has 2 aromatic rings. The van der Waals surface area contributed by atoms with Gasteiger partial charge in [0.1, 0.15) is 5.82 Å². The van der Waals surface area contributed by atoms with Crippen molar-refractivity contribution in [1.29, 1.82) is 0 Å². The Hall–Kier alpha value is -2.15. The van der Waals surface area contributed by atoms with Crippen LogP contribution in [0.15, 0.2) is 30.5 Å². The molecular weight excluding hydrogens is 300 g/mol. The topological polar surface area (TPSA) is 98.0 Å². The van der Waals surface area contributed by atoms with Gasteiger partial charge in [-0.05, 0) is 12.1 Å². The van der Waals surface area contributed by atoms with Gasteiger partial charge in [0.25, 0.3) is 0 Å². The van der Waals surface area contributed by atoms with Crippen LogP contribution >= 0.6 is 0 Å². The van der Waals surface area contributed by atoms with Crippen LogP contribution in [0.4, 0.5) is 11.5 Å². The van der Waals surface area contributed by atoms with Crippen molar-refractivity contribution < 1.29 is 8.42 Å². The number of hydrogen-bond acceptors (Lipinski definition) is 5. The van der Waals surface area contributed by atoms with Gasteiger partial charge in [-0.2, -0.15) is 0 Å². The highest BCUT2D eigenvalue weighted by Crippen LogP contribution is 2.27. The molecule has 0 radical (unpaired) electrons. The Balaban J connectivity index is 2.37. The van der Waals surface area contributed by atoms with Crippen molar-refractivity contribution in [3.8, 4) is 11.3 Å². The molecule has 22 heavy (non-hydrogen) atoms. The lowest BCUT2D eigenvalue weighted by Gasteiger charge is -2.19. The molecule has 2 rings (SSSR count). The lowest BCUT2D eigenvalue weighted by Crippen LogP contribution is -2.17. The van der Waals surface area contributed by atoms with E-state index in [9.17, 15) is 8.42 Å². The maximum atomic E-state index is 11.2. The summed E-state index contributed by atoms with van der Waals surface area (Å²) < 4.78 is 24.8. The minimum absolute atomic E-state index is 0.203. The lowest BCUT2D eigenvalue weighted by atomic mass is 9.91. The maximum Gasteiger partial charge on any atom is 0.229 e. The molecule has 0 aliphatic carbocycles. The molecule has 3 N–H and O–H groups in total. The molecule has 0 spiro atoms. The van der Waals surface area contributed by atoms with E-state index in [0.29, 0.717) is 17.2 Å². The van der Waals surface area contributed by atoms with Crippen LogP contribution in [-0.2, 0) is 15.4 Å². The summed E-state index contributed by atoms with van der Waals surface area (Å²) in [6.07, 6.45) is 2.73. The van der Waals surface area contributed by atoms with Crippen LogP contribution in [0.5, 0.6) is 0 Å². The first-order valence-electron chi connectivity index (χ1n) is 6.77. The molecule has 0 unspecified atom stereocenters. The predicted octanol–water partition coefficient (Wildman–Crippen LogP) is 2.39. The molecule has 0 fully saturated rings. The smallest absolute Gasteiger partial charge is 0.229 e. The standard InChI is InChI=1S/C15H20N4O2S/c1-15(2,3)13-14(16)17-9-12(18-13)10-5-7-11(8-6-10)19-22(4,20)21/h5-9,19H,1-4H3,(H2,16,17). The van der Waals surface area contributed by atoms with Crippen LogP contribution in [0.1, 0.15) is 26.5 Å². The van der Waals surface area contributed by atoms with Crippen molar-refractivity contribution in [1.82, 2.24) is 9.97 Å². The molecule has 0 aliphatic heterocycles. The Kier molecular flexibility index (Phi) is 4.10. The van der Waals surface area contributed by atoms with Gasteiger partial charge in [-0.25, -0.2) is 18.4 Å². The summed E-state index contributed by atoms with van der Waals surface area (Å²) in [6.45, 7) is 6.07. The highest BCUT2D eigenvalue weighted by molar-refractivity contribution is 7.92. The number of rotatable bonds is 3. The second-order valence-electron chi connectivity index (χ2n) is 6.19. The van der Waals surface area contributed by atoms with Crippen molar-refractivity contribution >= 4 is 21.5 Å². The molecule has 0 atom stereocenters. The van der Waals surface area contributed by atoms with E-state index in [0.717, 1.165) is 17.5 Å². The average molecular weight is 320 g/mol. The van der Waals surface area contributed by atoms with Gasteiger partial charge < -0.3 is 5.73 Å². The Labute approximate surface area is 130 Å². The van der Waals surface area contributed by atoms with Gasteiger partial charge in [0.15, 0.2) is 0 Å². The fourth-order valence-corrected chi connectivity index (χ4v) is 2.58. The number of benzene rings is 1. The van der Waals surface area contributed by atoms with Crippen LogP contribution in [0.25, 0.3) is 11.3 Å². The summed E-state index contributed by atoms with van der Waals surface area (Å²) in [4.78, 5) is 8.80. The summed E-state index contributed by atoms with van der Waals surface area (Å²) in [5.74, 6) is 0.423. The number of nitrogens with zero attached hydrogens (tertiary/aromatic N) is 2. The molecule has 1 aromatic heterocycles. The summed E-state index contributed by atoms with van der Waals surface area (Å²) >= 11 is 0. The van der Waals surface area contributed by atoms with E-state index in [1.54, 1.807) is 30.5 Å². The van der Waals surface area contributed by atoms with E-state index >= 15 is 0 Å². The van der Waals surface area contributed by atoms with Gasteiger partial charge in [0.2, 0.25) is 10.0 Å². The third kappa shape index (κ3) is 3.94. The zero-order valence-corrected chi connectivity index (χ0v) is 13.9. The van der Waals surface area contributed by atoms with E-state index in [-0.39, 0.29) is 5.41 Å². The Morgan fingerprint density at radius 1 is 1.14 bits per heavy atom. The van der Waals surface area contributed by atoms with Gasteiger partial charge in [-0.3, -0.25) is 4.72 Å². The number of hydrogen-bond donors (Lipinski definition) is 2. The average Bonchev–Trinajstić information content (AvgIpc) is 2.37. The maximum absolute atomic E-state index is 11.2. The van der Waals surface area contributed by atoms with Crippen LogP contribution in [-0.4, -0.2) is 24.6 Å². The first kappa shape index (κ1) is 16.2. The van der Waals surface area contributed by atoms with Crippen LogP contribution in [0.2, 0.25) is 0 Å². The first-order valence-corrected chi connectivity index (χ1v) is 8.66. The third-order valence-corrected chi connectivity index (χ3v) is 3.60. The number of nitrogens with two attached hydrogens (primary N) is 1. The number of sulfonamides is 1. The van der Waals surface area contributed by atoms with Gasteiger partial charge in [0.05, 0.1) is 23.8 Å². The predicted molar refractivity (Wildman–Crippen MR) is 89.0 cm³/mol. The van der Waals surface area contributed by atoms with Gasteiger partial charge >= 0.3 is 0 Å². The molecule has 1 heterocycles. The van der Waals surface area contributed by atoms with E-state index in [1.807, 2.05) is 20.8 Å². The summed E-state index contributed by atoms with van der Waals surface area (Å²) in [6, 6.07) is 6.96. The van der Waals surface area contributed by atoms with Gasteiger partial charge in [-0.15, -0.1) is 0 Å². The first-order chi connectivity index (χ1) is 10.1. The Morgan fingerprint density at radius 2 is 1.73 bits per heavy atom. The molecular formula is C15H20N4O2S. The molecule has 0 bridgehead atoms. The molecule has 0 saturated carbocycles. The fourth-order valence-electron chi connectivity index (χ4n) is 2.01. The van der Waals surface area contributed by atoms with Crippen molar-refractivity contribution in [3.05, 3.63) is 36.2 Å². The van der Waals surface area contributed by atoms with E-state index in [1.165, 1.54) is 0 Å². The highest BCUT2D eigenvalue weighted by atomic mass is 32.2. The van der Waals surface area contributed by atoms with Crippen molar-refractivity contribution in [2.24, 2.45) is 0 Å². The second kappa shape index (κ2) is 5.57. The van der Waals surface area contributed by atoms with Crippen molar-refractivity contribution in [2.45, 2.75) is 26.2 Å². The third-order valence-electron chi connectivity index (χ3n) is 3.00. The number of nitrogens with one attached hydrogen (secondary N) is 1. The van der Waals surface area contributed by atoms with Crippen LogP contribution in [0.3, 0.4) is 0 Å². The minimum atomic E-state index is -3.28. The summed E-state index contributed by atoms with van der Waals surface area (Å²) in [5.41, 5.74) is 8.48. The van der Waals surface area contributed by atoms with Crippen molar-refractivity contribution in [2.75, 3.05) is 16.7 Å². The summed E-state index contributed by atoms with van der Waals surface area (Å²) in [7, 11) is -3.28. The second-order valence-corrected chi connectivity index (χ2v) is 7.94. The largest absolute Gasteiger partial charge is 0.382 e. The quantitative estimate of drug-likeness (QED) is 0.905. The zero-order chi connectivity index (χ0) is 16.5. The molecule has 0 amide bonds. The molecule has 7 heteroatoms. The number of nitrogen functional groups attached to an aromatic ring is 1. The molecule has 1 aromatic carbocycles. The van der Waals surface area contributed by atoms with Gasteiger partial charge in [-0.1, -0.05) is 32.9 Å². The molecule has 0 saturated heterocycles. The van der Waals surface area contributed by atoms with Crippen LogP contribution in [0, 0.1) is 0 Å². The normalized spacial score (nSPS) is 12.2. The van der Waals surface area contributed by atoms with E-state index in [2.05, 4.69) is 14.7 Å². The number of anilines is 2. The molecule has 118 valence electrons. The fraction of sp³-hybridized carbons (Fsp3) is 0.333. The van der Waals surface area contributed by atoms with Crippen LogP contribution < -0.4 is 10.5 Å². The SMILES string of the molecule is CC(C)(C)c1nc(-c2ccc(NS(C)(=O)=O)cc2)cnc1N. The monoisotopic (exact) mass is 320 g/mol. The molecule has 0 aliphatic rings. The van der Waals surface area contributed by atoms with Gasteiger partial charge in [0, 0.05) is 16.7 Å². The minimum Gasteiger partial charge on any atom is -0.382 e. The van der Waals surface area contributed by atoms with E-state index in [4.69, 9.17) is 5.73 Å². The molecule has 6 nitrogen and oxygen atoms in total. The lowest BCUT2D eigenvalue weighted by molar-refractivity contribution is 0.569. The van der Waals surface area contributed by atoms with E-state index < -0.39 is 10.0 Å². The highest BCUT2D eigenvalue weighted by Gasteiger charge is 2.20. The Morgan fingerprint density at radius 3 is 2.23 bits per heavy atom. The summed E-state index contributed by atoms with van der Waals surface area (Å²) in [5, 5.41) is 0. The number of aromatic nitrogens is 2. The zero-order valence-electron chi connectivity index (χ0n) is 13.1. The Bertz CT molecular complexity index is 778.